The van der Waals surface area contributed by atoms with Crippen LogP contribution in [0.25, 0.3) is 0 Å². The zero-order valence-electron chi connectivity index (χ0n) is 8.13. The maximum Gasteiger partial charge on any atom is 0.175 e. The summed E-state index contributed by atoms with van der Waals surface area (Å²) in [6, 6.07) is 3.12. The van der Waals surface area contributed by atoms with Crippen molar-refractivity contribution in [2.24, 2.45) is 0 Å². The number of aldehydes is 1. The van der Waals surface area contributed by atoms with Crippen molar-refractivity contribution < 1.29 is 18.7 Å². The van der Waals surface area contributed by atoms with Crippen molar-refractivity contribution in [3.8, 4) is 11.5 Å². The van der Waals surface area contributed by atoms with Crippen LogP contribution in [0.3, 0.4) is 0 Å². The Labute approximate surface area is 95.3 Å². The van der Waals surface area contributed by atoms with Crippen LogP contribution in [-0.2, 0) is 0 Å². The second kappa shape index (κ2) is 5.70. The Morgan fingerprint density at radius 2 is 2.27 bits per heavy atom. The van der Waals surface area contributed by atoms with Gasteiger partial charge >= 0.3 is 0 Å². The van der Waals surface area contributed by atoms with Crippen LogP contribution in [0.5, 0.6) is 11.5 Å². The molecule has 0 aromatic heterocycles. The Morgan fingerprint density at radius 3 is 2.80 bits per heavy atom. The lowest BCUT2D eigenvalue weighted by Gasteiger charge is -2.11. The number of ether oxygens (including phenoxy) is 2. The maximum absolute atomic E-state index is 12.0. The summed E-state index contributed by atoms with van der Waals surface area (Å²) in [7, 11) is 1.46. The van der Waals surface area contributed by atoms with Gasteiger partial charge in [0.15, 0.2) is 11.5 Å². The Bertz CT molecular complexity index is 355. The fourth-order valence-corrected chi connectivity index (χ4v) is 1.66. The summed E-state index contributed by atoms with van der Waals surface area (Å²) in [5.74, 6) is 0.806. The Kier molecular flexibility index (Phi) is 4.55. The first kappa shape index (κ1) is 12.0. The summed E-state index contributed by atoms with van der Waals surface area (Å²) in [4.78, 5) is 10.6. The third kappa shape index (κ3) is 2.92. The summed E-state index contributed by atoms with van der Waals surface area (Å²) in [6.07, 6.45) is 0.701. The van der Waals surface area contributed by atoms with Crippen molar-refractivity contribution >= 4 is 22.2 Å². The van der Waals surface area contributed by atoms with Crippen LogP contribution in [0.15, 0.2) is 16.6 Å². The van der Waals surface area contributed by atoms with Crippen molar-refractivity contribution in [2.45, 2.75) is 0 Å². The first-order valence-electron chi connectivity index (χ1n) is 4.24. The lowest BCUT2D eigenvalue weighted by atomic mass is 10.2. The van der Waals surface area contributed by atoms with Crippen LogP contribution in [0, 0.1) is 0 Å². The molecule has 0 fully saturated rings. The van der Waals surface area contributed by atoms with Crippen LogP contribution in [0.1, 0.15) is 10.4 Å². The molecule has 0 saturated carbocycles. The SMILES string of the molecule is COc1cc(C=O)cc(Br)c1OCCF. The van der Waals surface area contributed by atoms with E-state index in [0.717, 1.165) is 0 Å². The number of alkyl halides is 1. The highest BCUT2D eigenvalue weighted by atomic mass is 79.9. The third-order valence-electron chi connectivity index (χ3n) is 1.71. The predicted octanol–water partition coefficient (Wildman–Crippen LogP) is 2.62. The molecule has 0 saturated heterocycles. The van der Waals surface area contributed by atoms with Gasteiger partial charge in [-0.15, -0.1) is 0 Å². The number of hydrogen-bond donors (Lipinski definition) is 0. The molecule has 82 valence electrons. The monoisotopic (exact) mass is 276 g/mol. The first-order chi connectivity index (χ1) is 7.22. The molecule has 0 amide bonds. The molecule has 0 N–H and O–H groups in total. The zero-order chi connectivity index (χ0) is 11.3. The molecule has 15 heavy (non-hydrogen) atoms. The minimum Gasteiger partial charge on any atom is -0.493 e. The summed E-state index contributed by atoms with van der Waals surface area (Å²) in [6.45, 7) is -0.625. The number of halogens is 2. The van der Waals surface area contributed by atoms with E-state index in [2.05, 4.69) is 15.9 Å². The lowest BCUT2D eigenvalue weighted by molar-refractivity contribution is 0.112. The molecule has 0 spiro atoms. The Balaban J connectivity index is 3.06. The number of carbonyl (C=O) groups is 1. The van der Waals surface area contributed by atoms with Crippen LogP contribution in [-0.4, -0.2) is 26.7 Å². The van der Waals surface area contributed by atoms with Crippen LogP contribution in [0.2, 0.25) is 0 Å². The van der Waals surface area contributed by atoms with E-state index in [9.17, 15) is 9.18 Å². The second-order valence-corrected chi connectivity index (χ2v) is 3.54. The van der Waals surface area contributed by atoms with E-state index < -0.39 is 6.67 Å². The van der Waals surface area contributed by atoms with Crippen molar-refractivity contribution in [1.29, 1.82) is 0 Å². The molecule has 1 aromatic carbocycles. The number of methoxy groups -OCH3 is 1. The molecule has 0 aliphatic carbocycles. The van der Waals surface area contributed by atoms with Crippen LogP contribution < -0.4 is 9.47 Å². The highest BCUT2D eigenvalue weighted by Gasteiger charge is 2.11. The fraction of sp³-hybridized carbons (Fsp3) is 0.300. The maximum atomic E-state index is 12.0. The van der Waals surface area contributed by atoms with Gasteiger partial charge in [-0.3, -0.25) is 4.79 Å². The van der Waals surface area contributed by atoms with Crippen molar-refractivity contribution in [3.63, 3.8) is 0 Å². The minimum atomic E-state index is -0.578. The van der Waals surface area contributed by atoms with Crippen molar-refractivity contribution in [3.05, 3.63) is 22.2 Å². The zero-order valence-corrected chi connectivity index (χ0v) is 9.71. The molecule has 0 atom stereocenters. The molecule has 1 aromatic rings. The van der Waals surface area contributed by atoms with Gasteiger partial charge in [0.05, 0.1) is 11.6 Å². The molecule has 5 heteroatoms. The van der Waals surface area contributed by atoms with Gasteiger partial charge in [-0.2, -0.15) is 0 Å². The first-order valence-corrected chi connectivity index (χ1v) is 5.03. The molecule has 1 rings (SSSR count). The van der Waals surface area contributed by atoms with Gasteiger partial charge < -0.3 is 9.47 Å². The van der Waals surface area contributed by atoms with Gasteiger partial charge in [0, 0.05) is 5.56 Å². The number of rotatable bonds is 5. The van der Waals surface area contributed by atoms with Gasteiger partial charge in [0.1, 0.15) is 19.6 Å². The molecular weight excluding hydrogens is 267 g/mol. The number of benzene rings is 1. The van der Waals surface area contributed by atoms with Crippen molar-refractivity contribution in [1.82, 2.24) is 0 Å². The van der Waals surface area contributed by atoms with Gasteiger partial charge in [-0.05, 0) is 28.1 Å². The molecule has 0 aliphatic rings. The minimum absolute atomic E-state index is 0.0462. The normalized spacial score (nSPS) is 9.80. The Hall–Kier alpha value is -1.10. The van der Waals surface area contributed by atoms with E-state index in [1.165, 1.54) is 13.2 Å². The molecule has 0 aliphatic heterocycles. The number of hydrogen-bond acceptors (Lipinski definition) is 3. The van der Waals surface area contributed by atoms with Gasteiger partial charge in [-0.25, -0.2) is 4.39 Å². The molecule has 0 radical (unpaired) electrons. The third-order valence-corrected chi connectivity index (χ3v) is 2.30. The fourth-order valence-electron chi connectivity index (χ4n) is 1.09. The van der Waals surface area contributed by atoms with Crippen LogP contribution in [0.4, 0.5) is 4.39 Å². The topological polar surface area (TPSA) is 35.5 Å². The lowest BCUT2D eigenvalue weighted by Crippen LogP contribution is -2.02. The highest BCUT2D eigenvalue weighted by molar-refractivity contribution is 9.10. The molecule has 0 bridgehead atoms. The quantitative estimate of drug-likeness (QED) is 0.776. The smallest absolute Gasteiger partial charge is 0.175 e. The molecule has 3 nitrogen and oxygen atoms in total. The van der Waals surface area contributed by atoms with E-state index in [4.69, 9.17) is 9.47 Å². The number of carbonyl (C=O) groups excluding carboxylic acids is 1. The summed E-state index contributed by atoms with van der Waals surface area (Å²) in [5, 5.41) is 0. The summed E-state index contributed by atoms with van der Waals surface area (Å²) >= 11 is 3.22. The van der Waals surface area contributed by atoms with Gasteiger partial charge in [-0.1, -0.05) is 0 Å². The summed E-state index contributed by atoms with van der Waals surface area (Å²) < 4.78 is 22.7. The van der Waals surface area contributed by atoms with E-state index in [0.29, 0.717) is 27.8 Å². The summed E-state index contributed by atoms with van der Waals surface area (Å²) in [5.41, 5.74) is 0.464. The standard InChI is InChI=1S/C10H10BrFO3/c1-14-9-5-7(6-13)4-8(11)10(9)15-3-2-12/h4-6H,2-3H2,1H3. The van der Waals surface area contributed by atoms with E-state index >= 15 is 0 Å². The largest absolute Gasteiger partial charge is 0.493 e. The van der Waals surface area contributed by atoms with Crippen molar-refractivity contribution in [2.75, 3.05) is 20.4 Å². The van der Waals surface area contributed by atoms with Crippen LogP contribution >= 0.6 is 15.9 Å². The van der Waals surface area contributed by atoms with E-state index in [1.807, 2.05) is 0 Å². The average Bonchev–Trinajstić information content (AvgIpc) is 2.26. The average molecular weight is 277 g/mol. The van der Waals surface area contributed by atoms with E-state index in [1.54, 1.807) is 6.07 Å². The van der Waals surface area contributed by atoms with Gasteiger partial charge in [0.2, 0.25) is 0 Å². The van der Waals surface area contributed by atoms with Gasteiger partial charge in [0.25, 0.3) is 0 Å². The second-order valence-electron chi connectivity index (χ2n) is 2.69. The highest BCUT2D eigenvalue weighted by Crippen LogP contribution is 2.36. The predicted molar refractivity (Wildman–Crippen MR) is 57.6 cm³/mol. The Morgan fingerprint density at radius 1 is 1.53 bits per heavy atom. The molecule has 0 unspecified atom stereocenters. The molecular formula is C10H10BrFO3. The molecule has 0 heterocycles. The van der Waals surface area contributed by atoms with E-state index in [-0.39, 0.29) is 6.61 Å².